The predicted molar refractivity (Wildman–Crippen MR) is 91.4 cm³/mol. The molecule has 2 rings (SSSR count). The summed E-state index contributed by atoms with van der Waals surface area (Å²) >= 11 is 2.86. The highest BCUT2D eigenvalue weighted by atomic mass is 79.9. The van der Waals surface area contributed by atoms with Gasteiger partial charge in [-0.1, -0.05) is 6.92 Å². The highest BCUT2D eigenvalue weighted by molar-refractivity contribution is 9.10. The number of halogens is 4. The second-order valence-corrected chi connectivity index (χ2v) is 8.01. The van der Waals surface area contributed by atoms with Crippen LogP contribution in [0.1, 0.15) is 26.2 Å². The van der Waals surface area contributed by atoms with E-state index in [2.05, 4.69) is 21.2 Å². The maximum Gasteiger partial charge on any atom is 0.246 e. The van der Waals surface area contributed by atoms with Crippen molar-refractivity contribution in [2.45, 2.75) is 37.1 Å². The maximum absolute atomic E-state index is 14.1. The van der Waals surface area contributed by atoms with E-state index in [1.54, 1.807) is 0 Å². The van der Waals surface area contributed by atoms with Gasteiger partial charge >= 0.3 is 0 Å². The Balaban J connectivity index is 0.00000264. The molecule has 4 nitrogen and oxygen atoms in total. The van der Waals surface area contributed by atoms with Gasteiger partial charge in [0, 0.05) is 12.6 Å². The molecule has 0 amide bonds. The molecule has 1 N–H and O–H groups in total. The normalized spacial score (nSPS) is 16.4. The van der Waals surface area contributed by atoms with Crippen molar-refractivity contribution in [2.75, 3.05) is 19.6 Å². The first-order valence-corrected chi connectivity index (χ1v) is 9.48. The van der Waals surface area contributed by atoms with Crippen LogP contribution in [0.25, 0.3) is 0 Å². The molecule has 0 aromatic heterocycles. The third-order valence-corrected chi connectivity index (χ3v) is 6.30. The summed E-state index contributed by atoms with van der Waals surface area (Å²) in [6, 6.07) is 1.42. The summed E-state index contributed by atoms with van der Waals surface area (Å²) < 4.78 is 54.6. The predicted octanol–water partition coefficient (Wildman–Crippen LogP) is 3.30. The van der Waals surface area contributed by atoms with E-state index in [0.29, 0.717) is 25.8 Å². The minimum atomic E-state index is -4.06. The number of nitrogens with one attached hydrogen (secondary N) is 1. The molecule has 1 fully saturated rings. The molecule has 1 aliphatic rings. The lowest BCUT2D eigenvalue weighted by molar-refractivity contribution is 0.261. The van der Waals surface area contributed by atoms with E-state index in [1.165, 1.54) is 4.31 Å². The molecule has 9 heteroatoms. The van der Waals surface area contributed by atoms with Gasteiger partial charge in [0.05, 0.1) is 4.47 Å². The summed E-state index contributed by atoms with van der Waals surface area (Å²) in [6.45, 7) is 3.60. The summed E-state index contributed by atoms with van der Waals surface area (Å²) in [4.78, 5) is -0.597. The topological polar surface area (TPSA) is 49.4 Å². The Morgan fingerprint density at radius 3 is 2.43 bits per heavy atom. The Bertz CT molecular complexity index is 640. The second kappa shape index (κ2) is 8.71. The Hall–Kier alpha value is -0.280. The molecule has 0 atom stereocenters. The van der Waals surface area contributed by atoms with Crippen LogP contribution in [0, 0.1) is 11.6 Å². The van der Waals surface area contributed by atoms with Crippen LogP contribution in [-0.4, -0.2) is 38.4 Å². The van der Waals surface area contributed by atoms with Crippen LogP contribution in [0.5, 0.6) is 0 Å². The van der Waals surface area contributed by atoms with Crippen molar-refractivity contribution in [1.82, 2.24) is 9.62 Å². The molecule has 0 spiro atoms. The zero-order valence-electron chi connectivity index (χ0n) is 12.7. The SMILES string of the molecule is CCCN(C1CCNCC1)S(=O)(=O)c1cc(F)c(Br)cc1F.Cl. The largest absolute Gasteiger partial charge is 0.317 e. The minimum absolute atomic E-state index is 0. The number of rotatable bonds is 5. The van der Waals surface area contributed by atoms with E-state index < -0.39 is 26.6 Å². The van der Waals surface area contributed by atoms with Crippen molar-refractivity contribution in [1.29, 1.82) is 0 Å². The molecule has 1 aromatic rings. The molecule has 1 saturated heterocycles. The first kappa shape index (κ1) is 20.8. The maximum atomic E-state index is 14.1. The van der Waals surface area contributed by atoms with Crippen molar-refractivity contribution in [2.24, 2.45) is 0 Å². The molecule has 1 aliphatic heterocycles. The highest BCUT2D eigenvalue weighted by Crippen LogP contribution is 2.28. The van der Waals surface area contributed by atoms with Crippen molar-refractivity contribution in [3.63, 3.8) is 0 Å². The van der Waals surface area contributed by atoms with Crippen molar-refractivity contribution in [3.05, 3.63) is 28.2 Å². The fourth-order valence-electron chi connectivity index (χ4n) is 2.64. The number of benzene rings is 1. The summed E-state index contributed by atoms with van der Waals surface area (Å²) in [5, 5.41) is 3.17. The fraction of sp³-hybridized carbons (Fsp3) is 0.571. The number of piperidine rings is 1. The zero-order valence-corrected chi connectivity index (χ0v) is 15.9. The van der Waals surface area contributed by atoms with Gasteiger partial charge in [-0.15, -0.1) is 12.4 Å². The molecule has 0 unspecified atom stereocenters. The molecule has 0 radical (unpaired) electrons. The number of hydrogen-bond acceptors (Lipinski definition) is 3. The monoisotopic (exact) mass is 432 g/mol. The van der Waals surface area contributed by atoms with E-state index in [1.807, 2.05) is 6.92 Å². The minimum Gasteiger partial charge on any atom is -0.317 e. The smallest absolute Gasteiger partial charge is 0.246 e. The van der Waals surface area contributed by atoms with E-state index >= 15 is 0 Å². The van der Waals surface area contributed by atoms with Crippen LogP contribution in [0.3, 0.4) is 0 Å². The molecule has 0 bridgehead atoms. The summed E-state index contributed by atoms with van der Waals surface area (Å²) in [5.41, 5.74) is 0. The molecule has 132 valence electrons. The lowest BCUT2D eigenvalue weighted by Gasteiger charge is -2.33. The number of nitrogens with zero attached hydrogens (tertiary/aromatic N) is 1. The van der Waals surface area contributed by atoms with E-state index in [0.717, 1.165) is 25.2 Å². The number of hydrogen-bond donors (Lipinski definition) is 1. The number of sulfonamides is 1. The van der Waals surface area contributed by atoms with Gasteiger partial charge in [-0.2, -0.15) is 4.31 Å². The van der Waals surface area contributed by atoms with Gasteiger partial charge in [-0.25, -0.2) is 17.2 Å². The fourth-order valence-corrected chi connectivity index (χ4v) is 4.79. The van der Waals surface area contributed by atoms with E-state index in [9.17, 15) is 17.2 Å². The van der Waals surface area contributed by atoms with Gasteiger partial charge in [0.15, 0.2) is 0 Å². The van der Waals surface area contributed by atoms with Gasteiger partial charge in [-0.05, 0) is 60.4 Å². The molecule has 0 aliphatic carbocycles. The lowest BCUT2D eigenvalue weighted by Crippen LogP contribution is -2.46. The Morgan fingerprint density at radius 2 is 1.87 bits per heavy atom. The van der Waals surface area contributed by atoms with Crippen LogP contribution in [0.2, 0.25) is 0 Å². The van der Waals surface area contributed by atoms with Crippen LogP contribution >= 0.6 is 28.3 Å². The molecule has 0 saturated carbocycles. The standard InChI is InChI=1S/C14H19BrF2N2O2S.ClH/c1-2-7-19(10-3-5-18-6-4-10)22(20,21)14-9-12(16)11(15)8-13(14)17;/h8-10,18H,2-7H2,1H3;1H. The van der Waals surface area contributed by atoms with Crippen LogP contribution < -0.4 is 5.32 Å². The third kappa shape index (κ3) is 4.63. The summed E-state index contributed by atoms with van der Waals surface area (Å²) in [6.07, 6.45) is 1.95. The zero-order chi connectivity index (χ0) is 16.3. The molecule has 1 aromatic carbocycles. The lowest BCUT2D eigenvalue weighted by atomic mass is 10.1. The first-order valence-electron chi connectivity index (χ1n) is 7.25. The third-order valence-electron chi connectivity index (χ3n) is 3.72. The van der Waals surface area contributed by atoms with E-state index in [4.69, 9.17) is 0 Å². The molecular formula is C14H20BrClF2N2O2S. The quantitative estimate of drug-likeness (QED) is 0.725. The van der Waals surface area contributed by atoms with Crippen LogP contribution in [0.15, 0.2) is 21.5 Å². The van der Waals surface area contributed by atoms with Gasteiger partial charge in [0.25, 0.3) is 0 Å². The molecule has 23 heavy (non-hydrogen) atoms. The average molecular weight is 434 g/mol. The summed E-state index contributed by atoms with van der Waals surface area (Å²) in [7, 11) is -4.06. The van der Waals surface area contributed by atoms with Gasteiger partial charge < -0.3 is 5.32 Å². The first-order chi connectivity index (χ1) is 10.4. The van der Waals surface area contributed by atoms with Crippen LogP contribution in [-0.2, 0) is 10.0 Å². The Morgan fingerprint density at radius 1 is 1.26 bits per heavy atom. The molecule has 1 heterocycles. The Labute approximate surface area is 150 Å². The average Bonchev–Trinajstić information content (AvgIpc) is 2.49. The van der Waals surface area contributed by atoms with Gasteiger partial charge in [0.1, 0.15) is 16.5 Å². The second-order valence-electron chi connectivity index (χ2n) is 5.29. The van der Waals surface area contributed by atoms with Gasteiger partial charge in [-0.3, -0.25) is 0 Å². The van der Waals surface area contributed by atoms with E-state index in [-0.39, 0.29) is 22.9 Å². The van der Waals surface area contributed by atoms with Crippen molar-refractivity contribution >= 4 is 38.4 Å². The van der Waals surface area contributed by atoms with Crippen LogP contribution in [0.4, 0.5) is 8.78 Å². The van der Waals surface area contributed by atoms with Crippen molar-refractivity contribution < 1.29 is 17.2 Å². The van der Waals surface area contributed by atoms with Crippen molar-refractivity contribution in [3.8, 4) is 0 Å². The molecular weight excluding hydrogens is 414 g/mol. The summed E-state index contributed by atoms with van der Waals surface area (Å²) in [5.74, 6) is -1.73. The van der Waals surface area contributed by atoms with Gasteiger partial charge in [0.2, 0.25) is 10.0 Å². The Kier molecular flexibility index (Phi) is 7.86. The highest BCUT2D eigenvalue weighted by Gasteiger charge is 2.34.